The van der Waals surface area contributed by atoms with E-state index in [0.29, 0.717) is 24.6 Å². The van der Waals surface area contributed by atoms with Crippen LogP contribution in [0.3, 0.4) is 0 Å². The molecule has 0 aromatic heterocycles. The molecule has 4 heteroatoms. The summed E-state index contributed by atoms with van der Waals surface area (Å²) in [6, 6.07) is 1.09. The number of nitrogens with zero attached hydrogens (tertiary/aromatic N) is 2. The topological polar surface area (TPSA) is 53.6 Å². The van der Waals surface area contributed by atoms with E-state index in [4.69, 9.17) is 5.73 Å². The zero-order valence-electron chi connectivity index (χ0n) is 12.0. The lowest BCUT2D eigenvalue weighted by Crippen LogP contribution is -2.44. The summed E-state index contributed by atoms with van der Waals surface area (Å²) in [5.41, 5.74) is 6.75. The first-order valence-electron chi connectivity index (χ1n) is 6.28. The highest BCUT2D eigenvalue weighted by Gasteiger charge is 2.12. The average Bonchev–Trinajstić information content (AvgIpc) is 2.20. The number of rotatable bonds is 7. The Kier molecular flexibility index (Phi) is 7.63. The molecule has 0 unspecified atom stereocenters. The summed E-state index contributed by atoms with van der Waals surface area (Å²) in [4.78, 5) is 6.59. The summed E-state index contributed by atoms with van der Waals surface area (Å²) in [6.07, 6.45) is 0. The van der Waals surface area contributed by atoms with E-state index in [2.05, 4.69) is 49.5 Å². The molecule has 0 aliphatic rings. The van der Waals surface area contributed by atoms with E-state index in [0.717, 1.165) is 18.7 Å². The third-order valence-corrected chi connectivity index (χ3v) is 2.52. The number of nitrogens with two attached hydrogens (primary N) is 1. The van der Waals surface area contributed by atoms with Crippen molar-refractivity contribution in [2.75, 3.05) is 19.6 Å². The lowest BCUT2D eigenvalue weighted by Gasteiger charge is -2.30. The maximum absolute atomic E-state index is 5.74. The molecule has 0 fully saturated rings. The standard InChI is InChI=1S/C13H28N4/c1-10(2)9-16-13(14)15-7-8-17(11(3)4)12(5)6/h11-12H,1,7-9H2,2-6H3,(H3,14,15,16). The highest BCUT2D eigenvalue weighted by molar-refractivity contribution is 5.77. The van der Waals surface area contributed by atoms with E-state index >= 15 is 0 Å². The van der Waals surface area contributed by atoms with Gasteiger partial charge in [-0.05, 0) is 34.6 Å². The highest BCUT2D eigenvalue weighted by atomic mass is 15.2. The van der Waals surface area contributed by atoms with Crippen LogP contribution in [0.4, 0.5) is 0 Å². The van der Waals surface area contributed by atoms with E-state index in [1.165, 1.54) is 0 Å². The lowest BCUT2D eigenvalue weighted by molar-refractivity contribution is 0.178. The monoisotopic (exact) mass is 240 g/mol. The molecule has 0 aromatic rings. The minimum Gasteiger partial charge on any atom is -0.370 e. The van der Waals surface area contributed by atoms with Crippen LogP contribution < -0.4 is 11.1 Å². The predicted molar refractivity (Wildman–Crippen MR) is 76.3 cm³/mol. The lowest BCUT2D eigenvalue weighted by atomic mass is 10.2. The fourth-order valence-electron chi connectivity index (χ4n) is 1.70. The van der Waals surface area contributed by atoms with Gasteiger partial charge in [0.2, 0.25) is 0 Å². The molecule has 0 aliphatic carbocycles. The molecule has 3 N–H and O–H groups in total. The molecule has 0 rings (SSSR count). The zero-order valence-corrected chi connectivity index (χ0v) is 12.0. The minimum absolute atomic E-state index is 0.500. The van der Waals surface area contributed by atoms with Gasteiger partial charge >= 0.3 is 0 Å². The van der Waals surface area contributed by atoms with E-state index in [1.807, 2.05) is 6.92 Å². The molecule has 4 nitrogen and oxygen atoms in total. The van der Waals surface area contributed by atoms with Crippen LogP contribution in [0, 0.1) is 0 Å². The SMILES string of the molecule is C=C(C)CN=C(N)NCCN(C(C)C)C(C)C. The summed E-state index contributed by atoms with van der Waals surface area (Å²) in [5, 5.41) is 3.12. The Labute approximate surface area is 106 Å². The fraction of sp³-hybridized carbons (Fsp3) is 0.769. The fourth-order valence-corrected chi connectivity index (χ4v) is 1.70. The van der Waals surface area contributed by atoms with Crippen molar-refractivity contribution in [3.63, 3.8) is 0 Å². The largest absolute Gasteiger partial charge is 0.370 e. The summed E-state index contributed by atoms with van der Waals surface area (Å²) in [6.45, 7) is 16.9. The Morgan fingerprint density at radius 2 is 1.82 bits per heavy atom. The van der Waals surface area contributed by atoms with Crippen LogP contribution in [-0.2, 0) is 0 Å². The molecule has 0 amide bonds. The Balaban J connectivity index is 3.96. The van der Waals surface area contributed by atoms with E-state index < -0.39 is 0 Å². The van der Waals surface area contributed by atoms with Crippen LogP contribution in [0.1, 0.15) is 34.6 Å². The van der Waals surface area contributed by atoms with Crippen LogP contribution in [0.5, 0.6) is 0 Å². The molecule has 0 aliphatic heterocycles. The first kappa shape index (κ1) is 16.0. The Bertz CT molecular complexity index is 248. The number of hydrogen-bond acceptors (Lipinski definition) is 2. The predicted octanol–water partition coefficient (Wildman–Crippen LogP) is 1.59. The number of nitrogens with one attached hydrogen (secondary N) is 1. The normalized spacial score (nSPS) is 12.6. The smallest absolute Gasteiger partial charge is 0.188 e. The van der Waals surface area contributed by atoms with Gasteiger partial charge in [0.1, 0.15) is 0 Å². The van der Waals surface area contributed by atoms with Gasteiger partial charge in [-0.2, -0.15) is 0 Å². The third-order valence-electron chi connectivity index (χ3n) is 2.52. The average molecular weight is 240 g/mol. The van der Waals surface area contributed by atoms with Crippen molar-refractivity contribution in [1.29, 1.82) is 0 Å². The summed E-state index contributed by atoms with van der Waals surface area (Å²) in [5.74, 6) is 0.500. The molecule has 100 valence electrons. The molecular weight excluding hydrogens is 212 g/mol. The van der Waals surface area contributed by atoms with Gasteiger partial charge < -0.3 is 11.1 Å². The van der Waals surface area contributed by atoms with Gasteiger partial charge in [-0.25, -0.2) is 4.99 Å². The Hall–Kier alpha value is -1.03. The number of hydrogen-bond donors (Lipinski definition) is 2. The number of guanidine groups is 1. The molecule has 0 aromatic carbocycles. The van der Waals surface area contributed by atoms with Gasteiger partial charge in [-0.1, -0.05) is 12.2 Å². The zero-order chi connectivity index (χ0) is 13.4. The van der Waals surface area contributed by atoms with Gasteiger partial charge in [-0.3, -0.25) is 4.90 Å². The molecule has 0 atom stereocenters. The van der Waals surface area contributed by atoms with Crippen molar-refractivity contribution in [2.24, 2.45) is 10.7 Å². The van der Waals surface area contributed by atoms with Crippen molar-refractivity contribution in [3.05, 3.63) is 12.2 Å². The summed E-state index contributed by atoms with van der Waals surface area (Å²) < 4.78 is 0. The van der Waals surface area contributed by atoms with Crippen LogP contribution >= 0.6 is 0 Å². The Morgan fingerprint density at radius 1 is 1.29 bits per heavy atom. The van der Waals surface area contributed by atoms with Gasteiger partial charge in [0.05, 0.1) is 6.54 Å². The molecule has 0 saturated heterocycles. The van der Waals surface area contributed by atoms with Crippen molar-refractivity contribution < 1.29 is 0 Å². The third kappa shape index (κ3) is 7.80. The van der Waals surface area contributed by atoms with Gasteiger partial charge in [0.15, 0.2) is 5.96 Å². The molecule has 17 heavy (non-hydrogen) atoms. The highest BCUT2D eigenvalue weighted by Crippen LogP contribution is 2.03. The van der Waals surface area contributed by atoms with E-state index in [9.17, 15) is 0 Å². The second-order valence-electron chi connectivity index (χ2n) is 5.01. The minimum atomic E-state index is 0.500. The summed E-state index contributed by atoms with van der Waals surface area (Å²) >= 11 is 0. The van der Waals surface area contributed by atoms with Crippen molar-refractivity contribution in [2.45, 2.75) is 46.7 Å². The Morgan fingerprint density at radius 3 is 2.24 bits per heavy atom. The second kappa shape index (κ2) is 8.12. The van der Waals surface area contributed by atoms with E-state index in [-0.39, 0.29) is 0 Å². The molecule has 0 saturated carbocycles. The van der Waals surface area contributed by atoms with Crippen LogP contribution in [0.25, 0.3) is 0 Å². The molecule has 0 bridgehead atoms. The van der Waals surface area contributed by atoms with Crippen molar-refractivity contribution in [3.8, 4) is 0 Å². The quantitative estimate of drug-likeness (QED) is 0.404. The second-order valence-corrected chi connectivity index (χ2v) is 5.01. The molecule has 0 heterocycles. The number of aliphatic imine (C=N–C) groups is 1. The van der Waals surface area contributed by atoms with Crippen molar-refractivity contribution in [1.82, 2.24) is 10.2 Å². The molecular formula is C13H28N4. The van der Waals surface area contributed by atoms with Gasteiger partial charge in [0, 0.05) is 25.2 Å². The van der Waals surface area contributed by atoms with Crippen LogP contribution in [0.15, 0.2) is 17.1 Å². The molecule has 0 radical (unpaired) electrons. The van der Waals surface area contributed by atoms with E-state index in [1.54, 1.807) is 0 Å². The van der Waals surface area contributed by atoms with Crippen molar-refractivity contribution >= 4 is 5.96 Å². The first-order valence-corrected chi connectivity index (χ1v) is 6.28. The van der Waals surface area contributed by atoms with Gasteiger partial charge in [0.25, 0.3) is 0 Å². The van der Waals surface area contributed by atoms with Crippen LogP contribution in [-0.4, -0.2) is 42.6 Å². The van der Waals surface area contributed by atoms with Crippen LogP contribution in [0.2, 0.25) is 0 Å². The maximum atomic E-state index is 5.74. The van der Waals surface area contributed by atoms with Gasteiger partial charge in [-0.15, -0.1) is 0 Å². The maximum Gasteiger partial charge on any atom is 0.188 e. The summed E-state index contributed by atoms with van der Waals surface area (Å²) in [7, 11) is 0. The molecule has 0 spiro atoms. The first-order chi connectivity index (χ1) is 7.84.